The fourth-order valence-electron chi connectivity index (χ4n) is 4.12. The van der Waals surface area contributed by atoms with Gasteiger partial charge in [0.25, 0.3) is 0 Å². The van der Waals surface area contributed by atoms with Crippen molar-refractivity contribution in [3.05, 3.63) is 12.2 Å². The molecule has 0 N–H and O–H groups in total. The van der Waals surface area contributed by atoms with Gasteiger partial charge in [-0.15, -0.1) is 0 Å². The summed E-state index contributed by atoms with van der Waals surface area (Å²) in [6.07, 6.45) is 31.9. The van der Waals surface area contributed by atoms with Crippen LogP contribution in [-0.2, 0) is 0 Å². The summed E-state index contributed by atoms with van der Waals surface area (Å²) >= 11 is 0. The molecule has 0 heterocycles. The first-order chi connectivity index (χ1) is 13.2. The minimum Gasteiger partial charge on any atom is -0.0885 e. The lowest BCUT2D eigenvalue weighted by Gasteiger charge is -2.10. The molecule has 27 heavy (non-hydrogen) atoms. The van der Waals surface area contributed by atoms with Gasteiger partial charge in [-0.05, 0) is 37.5 Å². The summed E-state index contributed by atoms with van der Waals surface area (Å²) in [6.45, 7) is 9.44. The molecule has 0 fully saturated rings. The molecule has 2 atom stereocenters. The van der Waals surface area contributed by atoms with Crippen LogP contribution in [0, 0.1) is 11.8 Å². The van der Waals surface area contributed by atoms with Crippen LogP contribution in [0.4, 0.5) is 0 Å². The zero-order valence-electron chi connectivity index (χ0n) is 19.7. The molecule has 0 bridgehead atoms. The summed E-state index contributed by atoms with van der Waals surface area (Å²) in [5.74, 6) is 1.87. The summed E-state index contributed by atoms with van der Waals surface area (Å²) in [6, 6.07) is 0. The van der Waals surface area contributed by atoms with Crippen molar-refractivity contribution < 1.29 is 0 Å². The average Bonchev–Trinajstić information content (AvgIpc) is 2.66. The van der Waals surface area contributed by atoms with Crippen molar-refractivity contribution in [2.75, 3.05) is 0 Å². The van der Waals surface area contributed by atoms with E-state index >= 15 is 0 Å². The molecule has 0 saturated heterocycles. The molecule has 0 heteroatoms. The number of hydrogen-bond donors (Lipinski definition) is 0. The largest absolute Gasteiger partial charge is 0.0885 e. The first-order valence-corrected chi connectivity index (χ1v) is 12.9. The number of allylic oxidation sites excluding steroid dienone is 2. The normalized spacial score (nSPS) is 14.1. The van der Waals surface area contributed by atoms with Gasteiger partial charge in [0.15, 0.2) is 0 Å². The zero-order chi connectivity index (χ0) is 20.0. The van der Waals surface area contributed by atoms with Gasteiger partial charge in [0.1, 0.15) is 0 Å². The van der Waals surface area contributed by atoms with E-state index in [0.29, 0.717) is 0 Å². The molecule has 0 amide bonds. The highest BCUT2D eigenvalue weighted by molar-refractivity contribution is 4.81. The van der Waals surface area contributed by atoms with Gasteiger partial charge in [-0.1, -0.05) is 136 Å². The highest BCUT2D eigenvalue weighted by atomic mass is 14.1. The van der Waals surface area contributed by atoms with Crippen LogP contribution in [0.5, 0.6) is 0 Å². The van der Waals surface area contributed by atoms with Gasteiger partial charge in [-0.3, -0.25) is 0 Å². The van der Waals surface area contributed by atoms with Crippen molar-refractivity contribution in [3.63, 3.8) is 0 Å². The standard InChI is InChI=1S/C27H54/c1-5-7-23-27(4)25-21-19-17-15-13-11-9-8-10-12-14-16-18-20-24-26(3)22-6-2/h16,18,26-27H,5-15,17,19-25H2,1-4H3/b18-16+. The van der Waals surface area contributed by atoms with E-state index in [1.165, 1.54) is 122 Å². The number of hydrogen-bond acceptors (Lipinski definition) is 0. The molecule has 0 aromatic rings. The molecule has 0 spiro atoms. The van der Waals surface area contributed by atoms with Gasteiger partial charge in [-0.2, -0.15) is 0 Å². The second kappa shape index (κ2) is 22.0. The SMILES string of the molecule is CCCCC(C)CCCCCCCCCCCC/C=C/CCC(C)CCC. The van der Waals surface area contributed by atoms with Crippen LogP contribution in [0.1, 0.15) is 150 Å². The maximum absolute atomic E-state index is 2.44. The Kier molecular flexibility index (Phi) is 21.8. The Morgan fingerprint density at radius 2 is 0.926 bits per heavy atom. The summed E-state index contributed by atoms with van der Waals surface area (Å²) in [4.78, 5) is 0. The van der Waals surface area contributed by atoms with Crippen LogP contribution in [0.25, 0.3) is 0 Å². The Labute approximate surface area is 174 Å². The van der Waals surface area contributed by atoms with E-state index in [1.807, 2.05) is 0 Å². The highest BCUT2D eigenvalue weighted by Gasteiger charge is 2.01. The Balaban J connectivity index is 3.16. The van der Waals surface area contributed by atoms with Crippen LogP contribution < -0.4 is 0 Å². The predicted octanol–water partition coefficient (Wildman–Crippen LogP) is 10.3. The third kappa shape index (κ3) is 21.9. The molecular weight excluding hydrogens is 324 g/mol. The van der Waals surface area contributed by atoms with Crippen LogP contribution in [0.15, 0.2) is 12.2 Å². The Morgan fingerprint density at radius 1 is 0.444 bits per heavy atom. The van der Waals surface area contributed by atoms with Gasteiger partial charge < -0.3 is 0 Å². The maximum Gasteiger partial charge on any atom is -0.0348 e. The molecule has 0 radical (unpaired) electrons. The molecule has 162 valence electrons. The second-order valence-electron chi connectivity index (χ2n) is 9.30. The van der Waals surface area contributed by atoms with Crippen molar-refractivity contribution in [1.29, 1.82) is 0 Å². The van der Waals surface area contributed by atoms with E-state index in [4.69, 9.17) is 0 Å². The van der Waals surface area contributed by atoms with Crippen LogP contribution in [0.3, 0.4) is 0 Å². The van der Waals surface area contributed by atoms with Crippen molar-refractivity contribution in [2.45, 2.75) is 150 Å². The zero-order valence-corrected chi connectivity index (χ0v) is 19.7. The van der Waals surface area contributed by atoms with E-state index in [2.05, 4.69) is 39.8 Å². The van der Waals surface area contributed by atoms with E-state index in [1.54, 1.807) is 0 Å². The molecule has 0 rings (SSSR count). The lowest BCUT2D eigenvalue weighted by Crippen LogP contribution is -1.94. The maximum atomic E-state index is 2.44. The minimum absolute atomic E-state index is 0.911. The van der Waals surface area contributed by atoms with E-state index in [0.717, 1.165) is 11.8 Å². The quantitative estimate of drug-likeness (QED) is 0.138. The molecule has 0 nitrogen and oxygen atoms in total. The molecule has 0 aliphatic heterocycles. The fourth-order valence-corrected chi connectivity index (χ4v) is 4.12. The van der Waals surface area contributed by atoms with Gasteiger partial charge in [0.2, 0.25) is 0 Å². The van der Waals surface area contributed by atoms with Gasteiger partial charge in [0.05, 0.1) is 0 Å². The van der Waals surface area contributed by atoms with Crippen LogP contribution >= 0.6 is 0 Å². The molecule has 0 aromatic carbocycles. The lowest BCUT2D eigenvalue weighted by molar-refractivity contribution is 0.440. The van der Waals surface area contributed by atoms with Crippen LogP contribution in [0.2, 0.25) is 0 Å². The summed E-state index contributed by atoms with van der Waals surface area (Å²) in [5, 5.41) is 0. The molecule has 2 unspecified atom stereocenters. The summed E-state index contributed by atoms with van der Waals surface area (Å²) in [7, 11) is 0. The Morgan fingerprint density at radius 3 is 1.52 bits per heavy atom. The van der Waals surface area contributed by atoms with Gasteiger partial charge in [0, 0.05) is 0 Å². The van der Waals surface area contributed by atoms with Crippen molar-refractivity contribution in [3.8, 4) is 0 Å². The van der Waals surface area contributed by atoms with Gasteiger partial charge in [-0.25, -0.2) is 0 Å². The molecule has 0 aliphatic carbocycles. The summed E-state index contributed by atoms with van der Waals surface area (Å²) < 4.78 is 0. The Hall–Kier alpha value is -0.260. The topological polar surface area (TPSA) is 0 Å². The minimum atomic E-state index is 0.911. The second-order valence-corrected chi connectivity index (χ2v) is 9.30. The van der Waals surface area contributed by atoms with Crippen molar-refractivity contribution >= 4 is 0 Å². The molecule has 0 aromatic heterocycles. The predicted molar refractivity (Wildman–Crippen MR) is 127 cm³/mol. The average molecular weight is 379 g/mol. The first kappa shape index (κ1) is 26.7. The first-order valence-electron chi connectivity index (χ1n) is 12.9. The Bertz CT molecular complexity index is 290. The fraction of sp³-hybridized carbons (Fsp3) is 0.926. The third-order valence-corrected chi connectivity index (χ3v) is 6.14. The van der Waals surface area contributed by atoms with E-state index in [-0.39, 0.29) is 0 Å². The molecule has 0 aliphatic rings. The monoisotopic (exact) mass is 378 g/mol. The number of rotatable bonds is 21. The van der Waals surface area contributed by atoms with E-state index < -0.39 is 0 Å². The summed E-state index contributed by atoms with van der Waals surface area (Å²) in [5.41, 5.74) is 0. The van der Waals surface area contributed by atoms with E-state index in [9.17, 15) is 0 Å². The van der Waals surface area contributed by atoms with Crippen molar-refractivity contribution in [2.24, 2.45) is 11.8 Å². The lowest BCUT2D eigenvalue weighted by atomic mass is 9.97. The molecular formula is C27H54. The van der Waals surface area contributed by atoms with Crippen molar-refractivity contribution in [1.82, 2.24) is 0 Å². The highest BCUT2D eigenvalue weighted by Crippen LogP contribution is 2.17. The smallest absolute Gasteiger partial charge is 0.0348 e. The van der Waals surface area contributed by atoms with Crippen LogP contribution in [-0.4, -0.2) is 0 Å². The molecule has 0 saturated carbocycles. The number of unbranched alkanes of at least 4 members (excludes halogenated alkanes) is 11. The van der Waals surface area contributed by atoms with Gasteiger partial charge >= 0.3 is 0 Å². The third-order valence-electron chi connectivity index (χ3n) is 6.14.